The quantitative estimate of drug-likeness (QED) is 0.735. The fraction of sp³-hybridized carbons (Fsp3) is 0.533. The zero-order valence-electron chi connectivity index (χ0n) is 11.9. The Hall–Kier alpha value is -1.91. The van der Waals surface area contributed by atoms with Crippen LogP contribution in [0.4, 0.5) is 5.82 Å². The molecular weight excluding hydrogens is 252 g/mol. The van der Waals surface area contributed by atoms with Gasteiger partial charge in [-0.25, -0.2) is 15.0 Å². The molecule has 5 heteroatoms. The molecule has 1 saturated heterocycles. The van der Waals surface area contributed by atoms with Crippen molar-refractivity contribution < 1.29 is 4.74 Å². The fourth-order valence-corrected chi connectivity index (χ4v) is 3.27. The van der Waals surface area contributed by atoms with Crippen molar-refractivity contribution in [3.8, 4) is 5.88 Å². The van der Waals surface area contributed by atoms with E-state index in [4.69, 9.17) is 9.72 Å². The molecule has 1 fully saturated rings. The molecule has 2 aromatic rings. The van der Waals surface area contributed by atoms with Crippen molar-refractivity contribution in [3.05, 3.63) is 17.6 Å². The molecule has 0 aromatic carbocycles. The molecule has 2 aliphatic rings. The lowest BCUT2D eigenvalue weighted by atomic mass is 10.0. The summed E-state index contributed by atoms with van der Waals surface area (Å²) in [6.07, 6.45) is 3.65. The Morgan fingerprint density at radius 2 is 2.10 bits per heavy atom. The molecule has 0 bridgehead atoms. The lowest BCUT2D eigenvalue weighted by molar-refractivity contribution is 0.259. The van der Waals surface area contributed by atoms with Gasteiger partial charge in [0.15, 0.2) is 0 Å². The van der Waals surface area contributed by atoms with Gasteiger partial charge in [-0.2, -0.15) is 0 Å². The minimum Gasteiger partial charge on any atom is -0.475 e. The van der Waals surface area contributed by atoms with E-state index in [9.17, 15) is 0 Å². The Morgan fingerprint density at radius 1 is 1.20 bits per heavy atom. The van der Waals surface area contributed by atoms with Crippen molar-refractivity contribution in [1.29, 1.82) is 0 Å². The number of aryl methyl sites for hydroxylation is 2. The van der Waals surface area contributed by atoms with Crippen molar-refractivity contribution in [1.82, 2.24) is 15.0 Å². The van der Waals surface area contributed by atoms with E-state index in [1.807, 2.05) is 19.9 Å². The summed E-state index contributed by atoms with van der Waals surface area (Å²) >= 11 is 0. The molecule has 5 nitrogen and oxygen atoms in total. The van der Waals surface area contributed by atoms with Gasteiger partial charge in [-0.05, 0) is 39.2 Å². The molecule has 0 N–H and O–H groups in total. The number of pyridine rings is 1. The zero-order chi connectivity index (χ0) is 13.7. The maximum atomic E-state index is 5.98. The van der Waals surface area contributed by atoms with Crippen LogP contribution in [0, 0.1) is 13.8 Å². The van der Waals surface area contributed by atoms with Crippen LogP contribution in [0.15, 0.2) is 6.07 Å². The molecule has 2 aliphatic heterocycles. The molecule has 0 saturated carbocycles. The third-order valence-corrected chi connectivity index (χ3v) is 4.18. The summed E-state index contributed by atoms with van der Waals surface area (Å²) in [6.45, 7) is 5.68. The van der Waals surface area contributed by atoms with Gasteiger partial charge >= 0.3 is 0 Å². The summed E-state index contributed by atoms with van der Waals surface area (Å²) in [7, 11) is 0. The highest BCUT2D eigenvalue weighted by Crippen LogP contribution is 2.37. The fourth-order valence-electron chi connectivity index (χ4n) is 3.27. The van der Waals surface area contributed by atoms with E-state index in [1.54, 1.807) is 0 Å². The summed E-state index contributed by atoms with van der Waals surface area (Å²) in [5.74, 6) is 2.52. The zero-order valence-corrected chi connectivity index (χ0v) is 11.9. The third-order valence-electron chi connectivity index (χ3n) is 4.18. The summed E-state index contributed by atoms with van der Waals surface area (Å²) in [6, 6.07) is 2.43. The van der Waals surface area contributed by atoms with Crippen LogP contribution in [-0.2, 0) is 0 Å². The largest absolute Gasteiger partial charge is 0.475 e. The average Bonchev–Trinajstić information content (AvgIpc) is 2.57. The number of ether oxygens (including phenoxy) is 1. The summed E-state index contributed by atoms with van der Waals surface area (Å²) in [4.78, 5) is 16.2. The molecule has 0 radical (unpaired) electrons. The maximum Gasteiger partial charge on any atom is 0.227 e. The number of anilines is 1. The standard InChI is InChI=1S/C15H18N4O/c1-9-7-12-13-14(18-10(2)17-12)19-6-4-3-5-11(19)8-20-15(13)16-9/h7,11H,3-6,8H2,1-2H3. The Balaban J connectivity index is 2.02. The normalized spacial score (nSPS) is 21.3. The van der Waals surface area contributed by atoms with Gasteiger partial charge in [0.25, 0.3) is 0 Å². The Labute approximate surface area is 118 Å². The number of hydrogen-bond donors (Lipinski definition) is 0. The minimum atomic E-state index is 0.413. The molecule has 104 valence electrons. The summed E-state index contributed by atoms with van der Waals surface area (Å²) in [5.41, 5.74) is 1.89. The van der Waals surface area contributed by atoms with E-state index < -0.39 is 0 Å². The predicted molar refractivity (Wildman–Crippen MR) is 77.3 cm³/mol. The van der Waals surface area contributed by atoms with E-state index in [1.165, 1.54) is 12.8 Å². The summed E-state index contributed by atoms with van der Waals surface area (Å²) in [5, 5.41) is 0.977. The molecule has 0 spiro atoms. The number of fused-ring (bicyclic) bond motifs is 2. The van der Waals surface area contributed by atoms with Crippen molar-refractivity contribution >= 4 is 16.7 Å². The van der Waals surface area contributed by atoms with Crippen LogP contribution < -0.4 is 9.64 Å². The van der Waals surface area contributed by atoms with Crippen LogP contribution >= 0.6 is 0 Å². The topological polar surface area (TPSA) is 51.1 Å². The van der Waals surface area contributed by atoms with Crippen LogP contribution in [0.2, 0.25) is 0 Å². The number of piperidine rings is 1. The van der Waals surface area contributed by atoms with Gasteiger partial charge in [0.05, 0.1) is 11.6 Å². The Morgan fingerprint density at radius 3 is 3.00 bits per heavy atom. The van der Waals surface area contributed by atoms with Gasteiger partial charge in [-0.3, -0.25) is 0 Å². The molecule has 0 aliphatic carbocycles. The first-order valence-corrected chi connectivity index (χ1v) is 7.28. The Kier molecular flexibility index (Phi) is 2.55. The van der Waals surface area contributed by atoms with Crippen LogP contribution in [0.5, 0.6) is 5.88 Å². The van der Waals surface area contributed by atoms with Crippen molar-refractivity contribution in [2.45, 2.75) is 39.2 Å². The number of nitrogens with zero attached hydrogens (tertiary/aromatic N) is 4. The van der Waals surface area contributed by atoms with Gasteiger partial charge in [-0.1, -0.05) is 0 Å². The van der Waals surface area contributed by atoms with Crippen molar-refractivity contribution in [3.63, 3.8) is 0 Å². The Bertz CT molecular complexity index is 680. The first-order chi connectivity index (χ1) is 9.72. The molecule has 1 atom stereocenters. The first-order valence-electron chi connectivity index (χ1n) is 7.28. The number of rotatable bonds is 0. The first kappa shape index (κ1) is 11.9. The maximum absolute atomic E-state index is 5.98. The molecule has 4 heterocycles. The average molecular weight is 270 g/mol. The lowest BCUT2D eigenvalue weighted by Gasteiger charge is -2.34. The van der Waals surface area contributed by atoms with Crippen LogP contribution in [0.25, 0.3) is 10.9 Å². The molecular formula is C15H18N4O. The van der Waals surface area contributed by atoms with Crippen molar-refractivity contribution in [2.75, 3.05) is 18.1 Å². The molecule has 0 amide bonds. The number of aromatic nitrogens is 3. The highest BCUT2D eigenvalue weighted by molar-refractivity contribution is 5.94. The number of hydrogen-bond acceptors (Lipinski definition) is 5. The van der Waals surface area contributed by atoms with Crippen LogP contribution in [-0.4, -0.2) is 34.1 Å². The molecule has 2 aromatic heterocycles. The van der Waals surface area contributed by atoms with E-state index >= 15 is 0 Å². The van der Waals surface area contributed by atoms with E-state index in [0.29, 0.717) is 18.5 Å². The van der Waals surface area contributed by atoms with E-state index in [-0.39, 0.29) is 0 Å². The van der Waals surface area contributed by atoms with Gasteiger partial charge in [0.2, 0.25) is 5.88 Å². The van der Waals surface area contributed by atoms with Gasteiger partial charge < -0.3 is 9.64 Å². The SMILES string of the molecule is Cc1cc2nc(C)nc3c2c(n1)OCC1CCCCN31. The van der Waals surface area contributed by atoms with Gasteiger partial charge in [-0.15, -0.1) is 0 Å². The van der Waals surface area contributed by atoms with E-state index in [0.717, 1.165) is 41.2 Å². The molecule has 20 heavy (non-hydrogen) atoms. The lowest BCUT2D eigenvalue weighted by Crippen LogP contribution is -2.42. The highest BCUT2D eigenvalue weighted by atomic mass is 16.5. The summed E-state index contributed by atoms with van der Waals surface area (Å²) < 4.78 is 5.98. The second-order valence-electron chi connectivity index (χ2n) is 5.71. The van der Waals surface area contributed by atoms with E-state index in [2.05, 4.69) is 14.9 Å². The third kappa shape index (κ3) is 1.72. The smallest absolute Gasteiger partial charge is 0.227 e. The molecule has 4 rings (SSSR count). The monoisotopic (exact) mass is 270 g/mol. The second kappa shape index (κ2) is 4.30. The van der Waals surface area contributed by atoms with Crippen LogP contribution in [0.3, 0.4) is 0 Å². The second-order valence-corrected chi connectivity index (χ2v) is 5.71. The minimum absolute atomic E-state index is 0.413. The van der Waals surface area contributed by atoms with Crippen LogP contribution in [0.1, 0.15) is 30.8 Å². The van der Waals surface area contributed by atoms with Gasteiger partial charge in [0.1, 0.15) is 23.6 Å². The van der Waals surface area contributed by atoms with Crippen molar-refractivity contribution in [2.24, 2.45) is 0 Å². The predicted octanol–water partition coefficient (Wildman–Crippen LogP) is 2.39. The highest BCUT2D eigenvalue weighted by Gasteiger charge is 2.30. The molecule has 1 unspecified atom stereocenters. The van der Waals surface area contributed by atoms with Gasteiger partial charge in [0, 0.05) is 12.2 Å².